The Kier molecular flexibility index (Phi) is 7.03. The van der Waals surface area contributed by atoms with Gasteiger partial charge in [-0.25, -0.2) is 4.90 Å². The highest BCUT2D eigenvalue weighted by atomic mass is 79.9. The zero-order chi connectivity index (χ0) is 21.0. The van der Waals surface area contributed by atoms with Crippen LogP contribution < -0.4 is 14.4 Å². The van der Waals surface area contributed by atoms with Crippen molar-refractivity contribution < 1.29 is 19.1 Å². The summed E-state index contributed by atoms with van der Waals surface area (Å²) in [7, 11) is 0. The van der Waals surface area contributed by atoms with E-state index in [1.54, 1.807) is 30.3 Å². The van der Waals surface area contributed by atoms with E-state index < -0.39 is 0 Å². The molecular formula is C22H22BrNO4S. The van der Waals surface area contributed by atoms with Gasteiger partial charge in [-0.2, -0.15) is 0 Å². The van der Waals surface area contributed by atoms with E-state index in [0.717, 1.165) is 28.2 Å². The summed E-state index contributed by atoms with van der Waals surface area (Å²) in [6.07, 6.45) is 2.61. The molecule has 2 aromatic rings. The summed E-state index contributed by atoms with van der Waals surface area (Å²) in [5, 5.41) is -0.312. The minimum atomic E-state index is -0.333. The summed E-state index contributed by atoms with van der Waals surface area (Å²) in [6, 6.07) is 12.6. The Morgan fingerprint density at radius 3 is 2.55 bits per heavy atom. The summed E-state index contributed by atoms with van der Waals surface area (Å²) in [5.41, 5.74) is 1.31. The molecule has 29 heavy (non-hydrogen) atoms. The summed E-state index contributed by atoms with van der Waals surface area (Å²) < 4.78 is 12.5. The molecule has 0 aliphatic carbocycles. The first-order valence-electron chi connectivity index (χ1n) is 9.40. The lowest BCUT2D eigenvalue weighted by molar-refractivity contribution is -0.113. The molecule has 0 bridgehead atoms. The predicted molar refractivity (Wildman–Crippen MR) is 121 cm³/mol. The Bertz CT molecular complexity index is 945. The number of para-hydroxylation sites is 1. The second-order valence-electron chi connectivity index (χ2n) is 6.45. The van der Waals surface area contributed by atoms with Crippen LogP contribution in [-0.4, -0.2) is 23.9 Å². The van der Waals surface area contributed by atoms with Gasteiger partial charge >= 0.3 is 0 Å². The Hall–Kier alpha value is -2.25. The van der Waals surface area contributed by atoms with E-state index in [2.05, 4.69) is 22.9 Å². The zero-order valence-electron chi connectivity index (χ0n) is 16.5. The lowest BCUT2D eigenvalue weighted by atomic mass is 10.1. The highest BCUT2D eigenvalue weighted by molar-refractivity contribution is 9.10. The largest absolute Gasteiger partial charge is 0.490 e. The van der Waals surface area contributed by atoms with Gasteiger partial charge in [-0.05, 0) is 83.9 Å². The van der Waals surface area contributed by atoms with Gasteiger partial charge in [0.15, 0.2) is 11.5 Å². The Morgan fingerprint density at radius 2 is 1.90 bits per heavy atom. The maximum Gasteiger partial charge on any atom is 0.298 e. The summed E-state index contributed by atoms with van der Waals surface area (Å²) in [4.78, 5) is 26.8. The minimum absolute atomic E-state index is 0.0405. The van der Waals surface area contributed by atoms with Gasteiger partial charge in [0.25, 0.3) is 11.1 Å². The van der Waals surface area contributed by atoms with Crippen molar-refractivity contribution in [2.45, 2.75) is 33.3 Å². The smallest absolute Gasteiger partial charge is 0.298 e. The number of hydrogen-bond acceptors (Lipinski definition) is 5. The van der Waals surface area contributed by atoms with Crippen LogP contribution in [0.5, 0.6) is 11.5 Å². The molecule has 1 saturated heterocycles. The molecule has 1 fully saturated rings. The number of benzene rings is 2. The van der Waals surface area contributed by atoms with Crippen LogP contribution in [0.4, 0.5) is 10.5 Å². The van der Waals surface area contributed by atoms with Gasteiger partial charge in [0.05, 0.1) is 27.8 Å². The van der Waals surface area contributed by atoms with Gasteiger partial charge in [-0.3, -0.25) is 9.59 Å². The summed E-state index contributed by atoms with van der Waals surface area (Å²) in [5.74, 6) is 0.895. The van der Waals surface area contributed by atoms with Crippen molar-refractivity contribution in [1.29, 1.82) is 0 Å². The quantitative estimate of drug-likeness (QED) is 0.441. The van der Waals surface area contributed by atoms with Crippen LogP contribution in [0.25, 0.3) is 6.08 Å². The van der Waals surface area contributed by atoms with E-state index in [1.165, 1.54) is 4.90 Å². The third-order valence-corrected chi connectivity index (χ3v) is 5.79. The first-order valence-corrected chi connectivity index (χ1v) is 11.0. The van der Waals surface area contributed by atoms with Gasteiger partial charge in [-0.15, -0.1) is 0 Å². The van der Waals surface area contributed by atoms with Crippen molar-refractivity contribution in [2.24, 2.45) is 0 Å². The number of halogens is 1. The number of nitrogens with zero attached hydrogens (tertiary/aromatic N) is 1. The molecule has 5 nitrogen and oxygen atoms in total. The van der Waals surface area contributed by atoms with Crippen LogP contribution in [0.3, 0.4) is 0 Å². The maximum atomic E-state index is 12.8. The number of thioether (sulfide) groups is 1. The molecule has 0 N–H and O–H groups in total. The monoisotopic (exact) mass is 475 g/mol. The van der Waals surface area contributed by atoms with Crippen LogP contribution in [0.2, 0.25) is 0 Å². The van der Waals surface area contributed by atoms with E-state index in [-0.39, 0.29) is 17.3 Å². The predicted octanol–water partition coefficient (Wildman–Crippen LogP) is 6.27. The van der Waals surface area contributed by atoms with E-state index in [1.807, 2.05) is 32.0 Å². The molecule has 2 aromatic carbocycles. The van der Waals surface area contributed by atoms with E-state index in [0.29, 0.717) is 28.7 Å². The highest BCUT2D eigenvalue weighted by Crippen LogP contribution is 2.40. The molecule has 0 saturated carbocycles. The first-order chi connectivity index (χ1) is 13.9. The Labute approximate surface area is 183 Å². The molecule has 1 aliphatic heterocycles. The molecule has 1 heterocycles. The lowest BCUT2D eigenvalue weighted by Gasteiger charge is -2.18. The number of carbonyl (C=O) groups is 2. The highest BCUT2D eigenvalue weighted by Gasteiger charge is 2.36. The van der Waals surface area contributed by atoms with Gasteiger partial charge in [0.1, 0.15) is 0 Å². The number of carbonyl (C=O) groups excluding carboxylic acids is 2. The number of imide groups is 1. The average Bonchev–Trinajstić information content (AvgIpc) is 2.98. The molecule has 1 aliphatic rings. The van der Waals surface area contributed by atoms with Crippen molar-refractivity contribution in [1.82, 2.24) is 0 Å². The average molecular weight is 476 g/mol. The van der Waals surface area contributed by atoms with Crippen LogP contribution >= 0.6 is 27.7 Å². The second kappa shape index (κ2) is 9.50. The van der Waals surface area contributed by atoms with Crippen LogP contribution in [-0.2, 0) is 4.79 Å². The summed E-state index contributed by atoms with van der Waals surface area (Å²) >= 11 is 4.47. The fourth-order valence-electron chi connectivity index (χ4n) is 2.75. The molecule has 1 atom stereocenters. The number of rotatable bonds is 7. The normalized spacial score (nSPS) is 16.4. The topological polar surface area (TPSA) is 55.8 Å². The van der Waals surface area contributed by atoms with Gasteiger partial charge in [0, 0.05) is 0 Å². The van der Waals surface area contributed by atoms with Crippen molar-refractivity contribution >= 4 is 50.6 Å². The number of hydrogen-bond donors (Lipinski definition) is 0. The van der Waals surface area contributed by atoms with Gasteiger partial charge in [0.2, 0.25) is 0 Å². The number of ether oxygens (including phenoxy) is 2. The van der Waals surface area contributed by atoms with Crippen molar-refractivity contribution in [2.75, 3.05) is 11.5 Å². The Morgan fingerprint density at radius 1 is 1.17 bits per heavy atom. The Balaban J connectivity index is 1.94. The molecular weight excluding hydrogens is 454 g/mol. The van der Waals surface area contributed by atoms with Crippen LogP contribution in [0, 0.1) is 0 Å². The SMILES string of the molecule is CCOc1cc(/C=C2/SC(=O)N(c3ccccc3)C2=O)cc(Br)c1O[C@@H](C)CC. The lowest BCUT2D eigenvalue weighted by Crippen LogP contribution is -2.27. The fourth-order valence-corrected chi connectivity index (χ4v) is 4.15. The number of anilines is 1. The fraction of sp³-hybridized carbons (Fsp3) is 0.273. The van der Waals surface area contributed by atoms with Crippen molar-refractivity contribution in [3.8, 4) is 11.5 Å². The number of amides is 2. The zero-order valence-corrected chi connectivity index (χ0v) is 18.9. The third kappa shape index (κ3) is 4.85. The van der Waals surface area contributed by atoms with E-state index in [4.69, 9.17) is 9.47 Å². The minimum Gasteiger partial charge on any atom is -0.490 e. The standard InChI is InChI=1S/C22H22BrNO4S/c1-4-14(3)28-20-17(23)11-15(12-18(20)27-5-2)13-19-21(25)24(22(26)29-19)16-9-7-6-8-10-16/h6-14H,4-5H2,1-3H3/b19-13+/t14-/m0/s1. The maximum absolute atomic E-state index is 12.8. The first kappa shape index (κ1) is 21.5. The molecule has 3 rings (SSSR count). The van der Waals surface area contributed by atoms with Crippen molar-refractivity contribution in [3.63, 3.8) is 0 Å². The molecule has 2 amide bonds. The van der Waals surface area contributed by atoms with E-state index in [9.17, 15) is 9.59 Å². The van der Waals surface area contributed by atoms with Crippen LogP contribution in [0.1, 0.15) is 32.8 Å². The van der Waals surface area contributed by atoms with Crippen LogP contribution in [0.15, 0.2) is 51.8 Å². The summed E-state index contributed by atoms with van der Waals surface area (Å²) in [6.45, 7) is 6.43. The molecule has 0 aromatic heterocycles. The van der Waals surface area contributed by atoms with Crippen molar-refractivity contribution in [3.05, 3.63) is 57.4 Å². The van der Waals surface area contributed by atoms with Gasteiger partial charge < -0.3 is 9.47 Å². The van der Waals surface area contributed by atoms with E-state index >= 15 is 0 Å². The second-order valence-corrected chi connectivity index (χ2v) is 8.30. The molecule has 0 spiro atoms. The molecule has 152 valence electrons. The molecule has 7 heteroatoms. The third-order valence-electron chi connectivity index (χ3n) is 4.33. The molecule has 0 radical (unpaired) electrons. The molecule has 0 unspecified atom stereocenters. The van der Waals surface area contributed by atoms with Gasteiger partial charge in [-0.1, -0.05) is 25.1 Å².